The lowest BCUT2D eigenvalue weighted by molar-refractivity contribution is 0.211. The van der Waals surface area contributed by atoms with Crippen molar-refractivity contribution in [3.8, 4) is 11.5 Å². The predicted molar refractivity (Wildman–Crippen MR) is 127 cm³/mol. The van der Waals surface area contributed by atoms with Gasteiger partial charge in [-0.3, -0.25) is 4.90 Å². The lowest BCUT2D eigenvalue weighted by Gasteiger charge is -2.33. The standard InChI is InChI=1S/C26H29ClN2O2/c1-30-26-17-21(11-12-25(26)31-19-20-7-3-2-4-8-20)18-29-15-13-22(14-16-29)28-24-10-6-5-9-23(24)27/h2-12,17,22,28H,13-16,18-19H2,1H3. The van der Waals surface area contributed by atoms with Gasteiger partial charge in [-0.25, -0.2) is 0 Å². The second-order valence-electron chi connectivity index (χ2n) is 7.93. The van der Waals surface area contributed by atoms with E-state index in [2.05, 4.69) is 34.5 Å². The lowest BCUT2D eigenvalue weighted by Crippen LogP contribution is -2.38. The summed E-state index contributed by atoms with van der Waals surface area (Å²) in [5, 5.41) is 4.38. The maximum Gasteiger partial charge on any atom is 0.161 e. The molecule has 5 heteroatoms. The summed E-state index contributed by atoms with van der Waals surface area (Å²) in [6.07, 6.45) is 2.20. The van der Waals surface area contributed by atoms with Crippen LogP contribution in [0.2, 0.25) is 5.02 Å². The van der Waals surface area contributed by atoms with Crippen molar-refractivity contribution in [2.75, 3.05) is 25.5 Å². The van der Waals surface area contributed by atoms with Crippen LogP contribution in [0.25, 0.3) is 0 Å². The molecule has 1 N–H and O–H groups in total. The summed E-state index contributed by atoms with van der Waals surface area (Å²) < 4.78 is 11.6. The zero-order valence-electron chi connectivity index (χ0n) is 17.9. The minimum Gasteiger partial charge on any atom is -0.493 e. The molecule has 0 unspecified atom stereocenters. The van der Waals surface area contributed by atoms with E-state index in [1.165, 1.54) is 5.56 Å². The fraction of sp³-hybridized carbons (Fsp3) is 0.308. The van der Waals surface area contributed by atoms with Crippen molar-refractivity contribution in [1.82, 2.24) is 4.90 Å². The van der Waals surface area contributed by atoms with Crippen LogP contribution >= 0.6 is 11.6 Å². The molecule has 4 nitrogen and oxygen atoms in total. The molecule has 1 aliphatic rings. The number of halogens is 1. The Bertz CT molecular complexity index is 972. The van der Waals surface area contributed by atoms with Crippen molar-refractivity contribution in [2.45, 2.75) is 32.0 Å². The van der Waals surface area contributed by atoms with Crippen LogP contribution < -0.4 is 14.8 Å². The Morgan fingerprint density at radius 3 is 2.39 bits per heavy atom. The van der Waals surface area contributed by atoms with E-state index in [0.29, 0.717) is 12.6 Å². The van der Waals surface area contributed by atoms with Gasteiger partial charge in [-0.1, -0.05) is 60.1 Å². The largest absolute Gasteiger partial charge is 0.493 e. The van der Waals surface area contributed by atoms with Crippen LogP contribution in [-0.2, 0) is 13.2 Å². The van der Waals surface area contributed by atoms with Gasteiger partial charge in [0.05, 0.1) is 17.8 Å². The number of rotatable bonds is 8. The van der Waals surface area contributed by atoms with Gasteiger partial charge in [-0.05, 0) is 48.2 Å². The second-order valence-corrected chi connectivity index (χ2v) is 8.34. The number of anilines is 1. The first-order chi connectivity index (χ1) is 15.2. The number of nitrogens with one attached hydrogen (secondary N) is 1. The Balaban J connectivity index is 1.30. The van der Waals surface area contributed by atoms with Crippen LogP contribution in [-0.4, -0.2) is 31.1 Å². The second kappa shape index (κ2) is 10.6. The molecule has 0 amide bonds. The number of ether oxygens (including phenoxy) is 2. The number of likely N-dealkylation sites (tertiary alicyclic amines) is 1. The molecule has 4 rings (SSSR count). The molecule has 0 saturated carbocycles. The molecule has 0 aliphatic carbocycles. The monoisotopic (exact) mass is 436 g/mol. The molecule has 3 aromatic carbocycles. The first-order valence-corrected chi connectivity index (χ1v) is 11.2. The molecule has 0 bridgehead atoms. The van der Waals surface area contributed by atoms with Gasteiger partial charge in [0.1, 0.15) is 6.61 Å². The van der Waals surface area contributed by atoms with E-state index >= 15 is 0 Å². The average Bonchev–Trinajstić information content (AvgIpc) is 2.81. The van der Waals surface area contributed by atoms with Gasteiger partial charge >= 0.3 is 0 Å². The molecular weight excluding hydrogens is 408 g/mol. The molecule has 0 atom stereocenters. The third-order valence-electron chi connectivity index (χ3n) is 5.69. The molecule has 1 fully saturated rings. The number of benzene rings is 3. The zero-order chi connectivity index (χ0) is 21.5. The maximum absolute atomic E-state index is 6.28. The molecule has 0 spiro atoms. The van der Waals surface area contributed by atoms with Crippen LogP contribution in [0, 0.1) is 0 Å². The average molecular weight is 437 g/mol. The van der Waals surface area contributed by atoms with E-state index in [-0.39, 0.29) is 0 Å². The molecule has 1 heterocycles. The highest BCUT2D eigenvalue weighted by atomic mass is 35.5. The highest BCUT2D eigenvalue weighted by Crippen LogP contribution is 2.30. The summed E-state index contributed by atoms with van der Waals surface area (Å²) in [7, 11) is 1.69. The normalized spacial score (nSPS) is 14.9. The topological polar surface area (TPSA) is 33.7 Å². The summed E-state index contributed by atoms with van der Waals surface area (Å²) in [4.78, 5) is 2.49. The van der Waals surface area contributed by atoms with E-state index in [4.69, 9.17) is 21.1 Å². The number of hydrogen-bond acceptors (Lipinski definition) is 4. The predicted octanol–water partition coefficient (Wildman–Crippen LogP) is 6.00. The van der Waals surface area contributed by atoms with Gasteiger partial charge in [-0.2, -0.15) is 0 Å². The highest BCUT2D eigenvalue weighted by molar-refractivity contribution is 6.33. The van der Waals surface area contributed by atoms with Crippen LogP contribution in [0.4, 0.5) is 5.69 Å². The highest BCUT2D eigenvalue weighted by Gasteiger charge is 2.20. The first-order valence-electron chi connectivity index (χ1n) is 10.8. The van der Waals surface area contributed by atoms with Gasteiger partial charge in [0, 0.05) is 25.7 Å². The van der Waals surface area contributed by atoms with Crippen molar-refractivity contribution >= 4 is 17.3 Å². The molecule has 3 aromatic rings. The SMILES string of the molecule is COc1cc(CN2CCC(Nc3ccccc3Cl)CC2)ccc1OCc1ccccc1. The smallest absolute Gasteiger partial charge is 0.161 e. The van der Waals surface area contributed by atoms with Gasteiger partial charge in [-0.15, -0.1) is 0 Å². The minimum atomic E-state index is 0.458. The first kappa shape index (κ1) is 21.5. The van der Waals surface area contributed by atoms with Crippen molar-refractivity contribution in [2.24, 2.45) is 0 Å². The van der Waals surface area contributed by atoms with Crippen molar-refractivity contribution in [3.05, 3.63) is 88.9 Å². The number of hydrogen-bond donors (Lipinski definition) is 1. The third-order valence-corrected chi connectivity index (χ3v) is 6.02. The van der Waals surface area contributed by atoms with E-state index in [1.807, 2.05) is 48.5 Å². The Morgan fingerprint density at radius 2 is 1.65 bits per heavy atom. The molecule has 0 radical (unpaired) electrons. The Morgan fingerprint density at radius 1 is 0.903 bits per heavy atom. The summed E-state index contributed by atoms with van der Waals surface area (Å²) >= 11 is 6.28. The van der Waals surface area contributed by atoms with E-state index in [9.17, 15) is 0 Å². The van der Waals surface area contributed by atoms with Crippen LogP contribution in [0.15, 0.2) is 72.8 Å². The van der Waals surface area contributed by atoms with Gasteiger partial charge in [0.25, 0.3) is 0 Å². The van der Waals surface area contributed by atoms with Gasteiger partial charge in [0.15, 0.2) is 11.5 Å². The fourth-order valence-corrected chi connectivity index (χ4v) is 4.15. The number of piperidine rings is 1. The van der Waals surface area contributed by atoms with Crippen LogP contribution in [0.3, 0.4) is 0 Å². The fourth-order valence-electron chi connectivity index (χ4n) is 3.96. The molecule has 1 aliphatic heterocycles. The van der Waals surface area contributed by atoms with E-state index in [1.54, 1.807) is 7.11 Å². The number of nitrogens with zero attached hydrogens (tertiary/aromatic N) is 1. The number of para-hydroxylation sites is 1. The Kier molecular flexibility index (Phi) is 7.34. The van der Waals surface area contributed by atoms with Gasteiger partial charge in [0.2, 0.25) is 0 Å². The molecule has 1 saturated heterocycles. The van der Waals surface area contributed by atoms with Crippen LogP contribution in [0.1, 0.15) is 24.0 Å². The summed E-state index contributed by atoms with van der Waals surface area (Å²) in [6, 6.07) is 24.8. The third kappa shape index (κ3) is 5.93. The Hall–Kier alpha value is -2.69. The van der Waals surface area contributed by atoms with Crippen molar-refractivity contribution < 1.29 is 9.47 Å². The summed E-state index contributed by atoms with van der Waals surface area (Å²) in [5.74, 6) is 1.56. The summed E-state index contributed by atoms with van der Waals surface area (Å²) in [6.45, 7) is 3.55. The van der Waals surface area contributed by atoms with Gasteiger partial charge < -0.3 is 14.8 Å². The summed E-state index contributed by atoms with van der Waals surface area (Å²) in [5.41, 5.74) is 3.40. The maximum atomic E-state index is 6.28. The minimum absolute atomic E-state index is 0.458. The van der Waals surface area contributed by atoms with Crippen molar-refractivity contribution in [3.63, 3.8) is 0 Å². The van der Waals surface area contributed by atoms with E-state index < -0.39 is 0 Å². The quantitative estimate of drug-likeness (QED) is 0.469. The molecule has 31 heavy (non-hydrogen) atoms. The zero-order valence-corrected chi connectivity index (χ0v) is 18.6. The van der Waals surface area contributed by atoms with Crippen LogP contribution in [0.5, 0.6) is 11.5 Å². The molecule has 162 valence electrons. The van der Waals surface area contributed by atoms with E-state index in [0.717, 1.165) is 60.2 Å². The Labute approximate surface area is 189 Å². The number of methoxy groups -OCH3 is 1. The molecular formula is C26H29ClN2O2. The van der Waals surface area contributed by atoms with Crippen molar-refractivity contribution in [1.29, 1.82) is 0 Å². The molecule has 0 aromatic heterocycles. The lowest BCUT2D eigenvalue weighted by atomic mass is 10.0.